The van der Waals surface area contributed by atoms with Crippen LogP contribution >= 0.6 is 11.3 Å². The summed E-state index contributed by atoms with van der Waals surface area (Å²) >= 11 is 1.69. The van der Waals surface area contributed by atoms with Gasteiger partial charge in [-0.1, -0.05) is 12.1 Å². The second-order valence-corrected chi connectivity index (χ2v) is 6.81. The van der Waals surface area contributed by atoms with Gasteiger partial charge in [0, 0.05) is 32.7 Å². The van der Waals surface area contributed by atoms with Gasteiger partial charge in [-0.05, 0) is 40.9 Å². The van der Waals surface area contributed by atoms with Crippen LogP contribution in [0.15, 0.2) is 41.1 Å². The quantitative estimate of drug-likeness (QED) is 0.879. The molecule has 0 spiro atoms. The minimum atomic E-state index is -1.05. The van der Waals surface area contributed by atoms with Crippen molar-refractivity contribution >= 4 is 29.0 Å². The van der Waals surface area contributed by atoms with Crippen LogP contribution in [0.4, 0.5) is 10.5 Å². The highest BCUT2D eigenvalue weighted by atomic mass is 32.1. The molecule has 1 fully saturated rings. The molecule has 3 rings (SSSR count). The van der Waals surface area contributed by atoms with Crippen molar-refractivity contribution in [2.24, 2.45) is 0 Å². The number of carbonyl (C=O) groups is 2. The van der Waals surface area contributed by atoms with Crippen LogP contribution in [-0.4, -0.2) is 53.1 Å². The van der Waals surface area contributed by atoms with E-state index in [0.29, 0.717) is 18.8 Å². The minimum Gasteiger partial charge on any atom is -0.478 e. The zero-order valence-electron chi connectivity index (χ0n) is 13.9. The second kappa shape index (κ2) is 8.13. The average Bonchev–Trinajstić information content (AvgIpc) is 2.99. The van der Waals surface area contributed by atoms with Gasteiger partial charge in [-0.2, -0.15) is 11.3 Å². The fourth-order valence-electron chi connectivity index (χ4n) is 2.95. The molecule has 0 saturated carbocycles. The summed E-state index contributed by atoms with van der Waals surface area (Å²) in [4.78, 5) is 27.9. The first-order valence-corrected chi connectivity index (χ1v) is 9.19. The van der Waals surface area contributed by atoms with E-state index in [1.54, 1.807) is 34.4 Å². The van der Waals surface area contributed by atoms with Gasteiger partial charge in [0.25, 0.3) is 0 Å². The van der Waals surface area contributed by atoms with Crippen LogP contribution in [0.5, 0.6) is 0 Å². The largest absolute Gasteiger partial charge is 0.478 e. The predicted octanol–water partition coefficient (Wildman–Crippen LogP) is 3.19. The maximum atomic E-state index is 12.5. The van der Waals surface area contributed by atoms with Gasteiger partial charge in [0.1, 0.15) is 0 Å². The van der Waals surface area contributed by atoms with Gasteiger partial charge in [-0.15, -0.1) is 0 Å². The van der Waals surface area contributed by atoms with Crippen LogP contribution in [-0.2, 0) is 6.54 Å². The molecule has 2 N–H and O–H groups in total. The molecule has 1 aromatic carbocycles. The highest BCUT2D eigenvalue weighted by Crippen LogP contribution is 2.17. The summed E-state index contributed by atoms with van der Waals surface area (Å²) in [5.41, 5.74) is 1.74. The Morgan fingerprint density at radius 3 is 2.72 bits per heavy atom. The van der Waals surface area contributed by atoms with E-state index in [0.717, 1.165) is 26.1 Å². The monoisotopic (exact) mass is 359 g/mol. The van der Waals surface area contributed by atoms with Gasteiger partial charge in [0.2, 0.25) is 0 Å². The molecular weight excluding hydrogens is 338 g/mol. The lowest BCUT2D eigenvalue weighted by atomic mass is 10.2. The van der Waals surface area contributed by atoms with Crippen LogP contribution in [0.2, 0.25) is 0 Å². The Labute approximate surface area is 150 Å². The lowest BCUT2D eigenvalue weighted by molar-refractivity contribution is 0.0698. The van der Waals surface area contributed by atoms with Gasteiger partial charge in [-0.3, -0.25) is 4.90 Å². The number of nitrogens with one attached hydrogen (secondary N) is 1. The van der Waals surface area contributed by atoms with E-state index in [1.165, 1.54) is 11.6 Å². The number of nitrogens with zero attached hydrogens (tertiary/aromatic N) is 2. The molecule has 2 aromatic rings. The third kappa shape index (κ3) is 4.58. The first-order chi connectivity index (χ1) is 12.1. The van der Waals surface area contributed by atoms with Gasteiger partial charge in [0.05, 0.1) is 11.3 Å². The molecule has 6 nitrogen and oxygen atoms in total. The topological polar surface area (TPSA) is 72.9 Å². The van der Waals surface area contributed by atoms with Crippen molar-refractivity contribution in [2.75, 3.05) is 31.5 Å². The van der Waals surface area contributed by atoms with E-state index < -0.39 is 5.97 Å². The summed E-state index contributed by atoms with van der Waals surface area (Å²) < 4.78 is 0. The Morgan fingerprint density at radius 2 is 1.96 bits per heavy atom. The van der Waals surface area contributed by atoms with Gasteiger partial charge in [-0.25, -0.2) is 9.59 Å². The molecule has 132 valence electrons. The zero-order valence-corrected chi connectivity index (χ0v) is 14.7. The number of hydrogen-bond donors (Lipinski definition) is 2. The maximum Gasteiger partial charge on any atom is 0.337 e. The smallest absolute Gasteiger partial charge is 0.337 e. The molecule has 1 aromatic heterocycles. The number of urea groups is 1. The van der Waals surface area contributed by atoms with E-state index in [9.17, 15) is 14.7 Å². The number of aromatic carboxylic acids is 1. The first kappa shape index (κ1) is 17.4. The van der Waals surface area contributed by atoms with Gasteiger partial charge in [0.15, 0.2) is 0 Å². The average molecular weight is 359 g/mol. The fraction of sp³-hybridized carbons (Fsp3) is 0.333. The number of para-hydroxylation sites is 1. The Morgan fingerprint density at radius 1 is 1.12 bits per heavy atom. The summed E-state index contributed by atoms with van der Waals surface area (Å²) in [5.74, 6) is -1.05. The zero-order chi connectivity index (χ0) is 17.6. The second-order valence-electron chi connectivity index (χ2n) is 6.03. The maximum absolute atomic E-state index is 12.5. The summed E-state index contributed by atoms with van der Waals surface area (Å²) in [6.45, 7) is 3.96. The number of carboxylic acid groups (broad SMARTS) is 1. The molecule has 1 aliphatic rings. The summed E-state index contributed by atoms with van der Waals surface area (Å²) in [6, 6.07) is 8.35. The molecule has 2 heterocycles. The Kier molecular flexibility index (Phi) is 5.67. The van der Waals surface area contributed by atoms with Crippen molar-refractivity contribution in [3.63, 3.8) is 0 Å². The van der Waals surface area contributed by atoms with Crippen molar-refractivity contribution < 1.29 is 14.7 Å². The highest BCUT2D eigenvalue weighted by Gasteiger charge is 2.20. The normalized spacial score (nSPS) is 15.6. The van der Waals surface area contributed by atoms with Crippen molar-refractivity contribution in [1.82, 2.24) is 9.80 Å². The Hall–Kier alpha value is -2.38. The van der Waals surface area contributed by atoms with Crippen LogP contribution in [0, 0.1) is 0 Å². The van der Waals surface area contributed by atoms with Crippen LogP contribution in [0.3, 0.4) is 0 Å². The molecule has 0 radical (unpaired) electrons. The highest BCUT2D eigenvalue weighted by molar-refractivity contribution is 7.07. The van der Waals surface area contributed by atoms with E-state index >= 15 is 0 Å². The summed E-state index contributed by atoms with van der Waals surface area (Å²) in [7, 11) is 0. The van der Waals surface area contributed by atoms with Gasteiger partial charge < -0.3 is 15.3 Å². The van der Waals surface area contributed by atoms with E-state index in [4.69, 9.17) is 0 Å². The number of hydrogen-bond acceptors (Lipinski definition) is 4. The number of anilines is 1. The Balaban J connectivity index is 1.59. The number of amides is 2. The van der Waals surface area contributed by atoms with Crippen molar-refractivity contribution in [3.8, 4) is 0 Å². The third-order valence-electron chi connectivity index (χ3n) is 4.26. The fourth-order valence-corrected chi connectivity index (χ4v) is 3.61. The first-order valence-electron chi connectivity index (χ1n) is 8.25. The van der Waals surface area contributed by atoms with Crippen molar-refractivity contribution in [1.29, 1.82) is 0 Å². The third-order valence-corrected chi connectivity index (χ3v) is 4.99. The lowest BCUT2D eigenvalue weighted by Gasteiger charge is -2.22. The molecule has 1 saturated heterocycles. The molecule has 0 bridgehead atoms. The lowest BCUT2D eigenvalue weighted by Crippen LogP contribution is -2.38. The number of carbonyl (C=O) groups excluding carboxylic acids is 1. The molecule has 0 atom stereocenters. The molecule has 1 aliphatic heterocycles. The molecule has 7 heteroatoms. The predicted molar refractivity (Wildman–Crippen MR) is 98.2 cm³/mol. The number of benzene rings is 1. The van der Waals surface area contributed by atoms with Crippen molar-refractivity contribution in [2.45, 2.75) is 13.0 Å². The molecule has 2 amide bonds. The Bertz CT molecular complexity index is 733. The summed E-state index contributed by atoms with van der Waals surface area (Å²) in [6.07, 6.45) is 0.901. The molecule has 0 unspecified atom stereocenters. The number of thiophene rings is 1. The molecular formula is C18H21N3O3S. The molecule has 25 heavy (non-hydrogen) atoms. The number of rotatable bonds is 4. The van der Waals surface area contributed by atoms with E-state index in [-0.39, 0.29) is 11.6 Å². The SMILES string of the molecule is O=C(O)c1ccccc1NC(=O)N1CCCN(Cc2ccsc2)CC1. The van der Waals surface area contributed by atoms with Crippen LogP contribution in [0.1, 0.15) is 22.3 Å². The number of carboxylic acids is 1. The van der Waals surface area contributed by atoms with E-state index in [2.05, 4.69) is 27.0 Å². The van der Waals surface area contributed by atoms with Crippen molar-refractivity contribution in [3.05, 3.63) is 52.2 Å². The van der Waals surface area contributed by atoms with Gasteiger partial charge >= 0.3 is 12.0 Å². The van der Waals surface area contributed by atoms with Crippen LogP contribution in [0.25, 0.3) is 0 Å². The van der Waals surface area contributed by atoms with Crippen LogP contribution < -0.4 is 5.32 Å². The minimum absolute atomic E-state index is 0.102. The molecule has 0 aliphatic carbocycles. The standard InChI is InChI=1S/C18H21N3O3S/c22-17(23)15-4-1-2-5-16(15)19-18(24)21-8-3-7-20(9-10-21)12-14-6-11-25-13-14/h1-2,4-6,11,13H,3,7-10,12H2,(H,19,24)(H,22,23). The van der Waals surface area contributed by atoms with E-state index in [1.807, 2.05) is 0 Å². The summed E-state index contributed by atoms with van der Waals surface area (Å²) in [5, 5.41) is 16.2.